The van der Waals surface area contributed by atoms with Gasteiger partial charge in [-0.1, -0.05) is 40.9 Å². The van der Waals surface area contributed by atoms with Gasteiger partial charge in [0.25, 0.3) is 0 Å². The summed E-state index contributed by atoms with van der Waals surface area (Å²) in [5.74, 6) is 0.972. The SMILES string of the molecule is COc1cccc(C2(CBr)CCCC2)c1. The third-order valence-electron chi connectivity index (χ3n) is 3.50. The van der Waals surface area contributed by atoms with Gasteiger partial charge in [-0.15, -0.1) is 0 Å². The number of alkyl halides is 1. The maximum atomic E-state index is 5.29. The van der Waals surface area contributed by atoms with E-state index in [4.69, 9.17) is 4.74 Å². The van der Waals surface area contributed by atoms with Crippen molar-refractivity contribution >= 4 is 15.9 Å². The minimum atomic E-state index is 0.356. The predicted octanol–water partition coefficient (Wildman–Crippen LogP) is 3.90. The van der Waals surface area contributed by atoms with Gasteiger partial charge in [-0.05, 0) is 30.5 Å². The van der Waals surface area contributed by atoms with Crippen molar-refractivity contribution in [1.29, 1.82) is 0 Å². The van der Waals surface area contributed by atoms with Gasteiger partial charge in [0.15, 0.2) is 0 Å². The molecule has 0 unspecified atom stereocenters. The Kier molecular flexibility index (Phi) is 3.35. The van der Waals surface area contributed by atoms with E-state index in [2.05, 4.69) is 34.1 Å². The molecule has 15 heavy (non-hydrogen) atoms. The van der Waals surface area contributed by atoms with E-state index in [1.165, 1.54) is 31.2 Å². The molecule has 82 valence electrons. The largest absolute Gasteiger partial charge is 0.497 e. The van der Waals surface area contributed by atoms with Crippen LogP contribution in [0.15, 0.2) is 24.3 Å². The Morgan fingerprint density at radius 1 is 1.33 bits per heavy atom. The first-order chi connectivity index (χ1) is 7.30. The highest BCUT2D eigenvalue weighted by molar-refractivity contribution is 9.09. The lowest BCUT2D eigenvalue weighted by atomic mass is 9.81. The van der Waals surface area contributed by atoms with Crippen LogP contribution in [-0.2, 0) is 5.41 Å². The molecule has 0 amide bonds. The van der Waals surface area contributed by atoms with Crippen LogP contribution in [0.1, 0.15) is 31.2 Å². The molecule has 0 heterocycles. The molecule has 0 bridgehead atoms. The van der Waals surface area contributed by atoms with Crippen LogP contribution in [0.2, 0.25) is 0 Å². The van der Waals surface area contributed by atoms with E-state index in [0.29, 0.717) is 5.41 Å². The molecule has 1 aromatic rings. The fourth-order valence-electron chi connectivity index (χ4n) is 2.50. The highest BCUT2D eigenvalue weighted by Gasteiger charge is 2.34. The van der Waals surface area contributed by atoms with Crippen molar-refractivity contribution in [3.8, 4) is 5.75 Å². The van der Waals surface area contributed by atoms with Crippen molar-refractivity contribution in [2.75, 3.05) is 12.4 Å². The molecular weight excluding hydrogens is 252 g/mol. The molecule has 0 N–H and O–H groups in total. The summed E-state index contributed by atoms with van der Waals surface area (Å²) in [5, 5.41) is 1.06. The highest BCUT2D eigenvalue weighted by Crippen LogP contribution is 2.43. The minimum absolute atomic E-state index is 0.356. The summed E-state index contributed by atoms with van der Waals surface area (Å²) >= 11 is 3.68. The summed E-state index contributed by atoms with van der Waals surface area (Å²) in [6.45, 7) is 0. The van der Waals surface area contributed by atoms with E-state index >= 15 is 0 Å². The number of hydrogen-bond acceptors (Lipinski definition) is 1. The zero-order valence-corrected chi connectivity index (χ0v) is 10.7. The zero-order valence-electron chi connectivity index (χ0n) is 9.13. The second kappa shape index (κ2) is 4.56. The number of hydrogen-bond donors (Lipinski definition) is 0. The normalized spacial score (nSPS) is 19.1. The van der Waals surface area contributed by atoms with Crippen molar-refractivity contribution in [3.05, 3.63) is 29.8 Å². The van der Waals surface area contributed by atoms with E-state index in [1.807, 2.05) is 6.07 Å². The quantitative estimate of drug-likeness (QED) is 0.756. The number of benzene rings is 1. The van der Waals surface area contributed by atoms with Crippen LogP contribution in [0.25, 0.3) is 0 Å². The summed E-state index contributed by atoms with van der Waals surface area (Å²) in [5.41, 5.74) is 1.78. The van der Waals surface area contributed by atoms with Gasteiger partial charge in [0, 0.05) is 10.7 Å². The molecule has 1 nitrogen and oxygen atoms in total. The molecule has 0 atom stereocenters. The first-order valence-electron chi connectivity index (χ1n) is 5.51. The van der Waals surface area contributed by atoms with Crippen LogP contribution in [0, 0.1) is 0 Å². The van der Waals surface area contributed by atoms with Crippen molar-refractivity contribution in [1.82, 2.24) is 0 Å². The van der Waals surface area contributed by atoms with E-state index in [9.17, 15) is 0 Å². The molecule has 1 aliphatic rings. The van der Waals surface area contributed by atoms with Crippen LogP contribution >= 0.6 is 15.9 Å². The number of ether oxygens (including phenoxy) is 1. The fourth-order valence-corrected chi connectivity index (χ4v) is 3.39. The average Bonchev–Trinajstić information content (AvgIpc) is 2.79. The maximum Gasteiger partial charge on any atom is 0.119 e. The van der Waals surface area contributed by atoms with E-state index in [-0.39, 0.29) is 0 Å². The van der Waals surface area contributed by atoms with E-state index in [0.717, 1.165) is 11.1 Å². The lowest BCUT2D eigenvalue weighted by Crippen LogP contribution is -2.23. The van der Waals surface area contributed by atoms with Gasteiger partial charge >= 0.3 is 0 Å². The molecule has 2 rings (SSSR count). The van der Waals surface area contributed by atoms with Crippen molar-refractivity contribution in [2.45, 2.75) is 31.1 Å². The van der Waals surface area contributed by atoms with Gasteiger partial charge in [-0.25, -0.2) is 0 Å². The Labute approximate surface area is 100.0 Å². The number of halogens is 1. The number of rotatable bonds is 3. The maximum absolute atomic E-state index is 5.29. The minimum Gasteiger partial charge on any atom is -0.497 e. The van der Waals surface area contributed by atoms with Crippen LogP contribution in [0.4, 0.5) is 0 Å². The standard InChI is InChI=1S/C13H17BrO/c1-15-12-6-4-5-11(9-12)13(10-14)7-2-3-8-13/h4-6,9H,2-3,7-8,10H2,1H3. The zero-order chi connectivity index (χ0) is 10.7. The molecular formula is C13H17BrO. The Morgan fingerprint density at radius 2 is 2.07 bits per heavy atom. The summed E-state index contributed by atoms with van der Waals surface area (Å²) in [6.07, 6.45) is 5.29. The highest BCUT2D eigenvalue weighted by atomic mass is 79.9. The molecule has 2 heteroatoms. The first kappa shape index (κ1) is 11.0. The molecule has 1 aromatic carbocycles. The first-order valence-corrected chi connectivity index (χ1v) is 6.63. The molecule has 0 aliphatic heterocycles. The molecule has 0 radical (unpaired) electrons. The Bertz CT molecular complexity index is 329. The summed E-state index contributed by atoms with van der Waals surface area (Å²) in [4.78, 5) is 0. The van der Waals surface area contributed by atoms with Gasteiger partial charge < -0.3 is 4.74 Å². The predicted molar refractivity (Wildman–Crippen MR) is 66.9 cm³/mol. The Balaban J connectivity index is 2.33. The van der Waals surface area contributed by atoms with Crippen LogP contribution in [0.5, 0.6) is 5.75 Å². The Hall–Kier alpha value is -0.500. The third kappa shape index (κ3) is 2.05. The van der Waals surface area contributed by atoms with Gasteiger partial charge in [0.1, 0.15) is 5.75 Å². The van der Waals surface area contributed by atoms with Crippen LogP contribution in [0.3, 0.4) is 0 Å². The molecule has 0 saturated heterocycles. The molecule has 1 aliphatic carbocycles. The van der Waals surface area contributed by atoms with Crippen LogP contribution < -0.4 is 4.74 Å². The average molecular weight is 269 g/mol. The Morgan fingerprint density at radius 3 is 2.67 bits per heavy atom. The van der Waals surface area contributed by atoms with E-state index in [1.54, 1.807) is 7.11 Å². The number of methoxy groups -OCH3 is 1. The summed E-state index contributed by atoms with van der Waals surface area (Å²) < 4.78 is 5.29. The van der Waals surface area contributed by atoms with Crippen molar-refractivity contribution in [2.24, 2.45) is 0 Å². The monoisotopic (exact) mass is 268 g/mol. The lowest BCUT2D eigenvalue weighted by molar-refractivity contribution is 0.411. The molecule has 1 saturated carbocycles. The molecule has 0 aromatic heterocycles. The molecule has 1 fully saturated rings. The van der Waals surface area contributed by atoms with Gasteiger partial charge in [0.05, 0.1) is 7.11 Å². The third-order valence-corrected chi connectivity index (χ3v) is 4.57. The van der Waals surface area contributed by atoms with Gasteiger partial charge in [0.2, 0.25) is 0 Å². The van der Waals surface area contributed by atoms with Crippen LogP contribution in [-0.4, -0.2) is 12.4 Å². The van der Waals surface area contributed by atoms with Crippen molar-refractivity contribution < 1.29 is 4.74 Å². The fraction of sp³-hybridized carbons (Fsp3) is 0.538. The second-order valence-corrected chi connectivity index (χ2v) is 4.91. The van der Waals surface area contributed by atoms with Gasteiger partial charge in [-0.2, -0.15) is 0 Å². The van der Waals surface area contributed by atoms with Gasteiger partial charge in [-0.3, -0.25) is 0 Å². The topological polar surface area (TPSA) is 9.23 Å². The van der Waals surface area contributed by atoms with Crippen molar-refractivity contribution in [3.63, 3.8) is 0 Å². The lowest BCUT2D eigenvalue weighted by Gasteiger charge is -2.27. The summed E-state index contributed by atoms with van der Waals surface area (Å²) in [6, 6.07) is 8.53. The molecule has 0 spiro atoms. The van der Waals surface area contributed by atoms with E-state index < -0.39 is 0 Å². The summed E-state index contributed by atoms with van der Waals surface area (Å²) in [7, 11) is 1.73. The smallest absolute Gasteiger partial charge is 0.119 e. The second-order valence-electron chi connectivity index (χ2n) is 4.35.